The zero-order valence-electron chi connectivity index (χ0n) is 18.5. The number of methoxy groups -OCH3 is 1. The average Bonchev–Trinajstić information content (AvgIpc) is 2.79. The van der Waals surface area contributed by atoms with Crippen molar-refractivity contribution in [2.45, 2.75) is 24.3 Å². The van der Waals surface area contributed by atoms with Crippen LogP contribution in [0, 0.1) is 6.92 Å². The molecule has 0 bridgehead atoms. The van der Waals surface area contributed by atoms with Gasteiger partial charge in [-0.15, -0.1) is 0 Å². The van der Waals surface area contributed by atoms with Crippen LogP contribution in [-0.4, -0.2) is 27.6 Å². The molecule has 1 atom stereocenters. The lowest BCUT2D eigenvalue weighted by Gasteiger charge is -2.18. The fourth-order valence-electron chi connectivity index (χ4n) is 3.14. The number of hydrogen-bond donors (Lipinski definition) is 2. The maximum Gasteiger partial charge on any atom is 0.242 e. The Labute approximate surface area is 215 Å². The Morgan fingerprint density at radius 1 is 1.06 bits per heavy atom. The summed E-state index contributed by atoms with van der Waals surface area (Å²) in [7, 11) is -2.28. The van der Waals surface area contributed by atoms with Crippen LogP contribution in [0.4, 0.5) is 0 Å². The maximum atomic E-state index is 12.9. The van der Waals surface area contributed by atoms with Crippen LogP contribution in [0.5, 0.6) is 5.75 Å². The predicted octanol–water partition coefficient (Wildman–Crippen LogP) is 5.09. The van der Waals surface area contributed by atoms with Gasteiger partial charge in [0.15, 0.2) is 0 Å². The smallest absolute Gasteiger partial charge is 0.242 e. The van der Waals surface area contributed by atoms with Crippen LogP contribution in [0.3, 0.4) is 0 Å². The maximum absolute atomic E-state index is 12.9. The first-order valence-electron chi connectivity index (χ1n) is 10.2. The highest BCUT2D eigenvalue weighted by Crippen LogP contribution is 2.33. The lowest BCUT2D eigenvalue weighted by molar-refractivity contribution is -0.121. The predicted molar refractivity (Wildman–Crippen MR) is 139 cm³/mol. The van der Waals surface area contributed by atoms with E-state index >= 15 is 0 Å². The van der Waals surface area contributed by atoms with Crippen LogP contribution in [0.2, 0.25) is 0 Å². The molecule has 0 fully saturated rings. The molecular formula is C24H23Br2N3O4S. The minimum atomic E-state index is -3.84. The summed E-state index contributed by atoms with van der Waals surface area (Å²) in [5.41, 5.74) is 4.81. The van der Waals surface area contributed by atoms with Gasteiger partial charge in [0.25, 0.3) is 0 Å². The molecule has 0 aliphatic heterocycles. The first-order chi connectivity index (χ1) is 16.2. The molecule has 2 N–H and O–H groups in total. The summed E-state index contributed by atoms with van der Waals surface area (Å²) in [5, 5.41) is 4.01. The lowest BCUT2D eigenvalue weighted by atomic mass is 10.0. The first-order valence-corrected chi connectivity index (χ1v) is 13.3. The van der Waals surface area contributed by atoms with Crippen LogP contribution in [0.1, 0.15) is 29.2 Å². The quantitative estimate of drug-likeness (QED) is 0.261. The topological polar surface area (TPSA) is 96.9 Å². The molecule has 0 saturated carbocycles. The molecule has 7 nitrogen and oxygen atoms in total. The second-order valence-electron chi connectivity index (χ2n) is 7.41. The third kappa shape index (κ3) is 6.99. The first kappa shape index (κ1) is 26.1. The third-order valence-electron chi connectivity index (χ3n) is 4.85. The molecule has 1 amide bonds. The third-order valence-corrected chi connectivity index (χ3v) is 7.51. The molecule has 0 radical (unpaired) electrons. The Kier molecular flexibility index (Phi) is 9.01. The van der Waals surface area contributed by atoms with Crippen LogP contribution in [0.25, 0.3) is 0 Å². The molecule has 0 heterocycles. The van der Waals surface area contributed by atoms with Gasteiger partial charge in [0.2, 0.25) is 15.9 Å². The second-order valence-corrected chi connectivity index (χ2v) is 10.8. The van der Waals surface area contributed by atoms with E-state index in [1.54, 1.807) is 55.6 Å². The van der Waals surface area contributed by atoms with Gasteiger partial charge in [-0.2, -0.15) is 5.10 Å². The molecule has 3 rings (SSSR count). The molecule has 0 spiro atoms. The van der Waals surface area contributed by atoms with Crippen LogP contribution >= 0.6 is 31.9 Å². The van der Waals surface area contributed by atoms with E-state index in [-0.39, 0.29) is 11.3 Å². The van der Waals surface area contributed by atoms with Crippen LogP contribution in [0.15, 0.2) is 85.7 Å². The van der Waals surface area contributed by atoms with E-state index in [9.17, 15) is 13.2 Å². The van der Waals surface area contributed by atoms with Crippen molar-refractivity contribution in [3.05, 3.63) is 92.4 Å². The molecule has 0 unspecified atom stereocenters. The van der Waals surface area contributed by atoms with Gasteiger partial charge in [0.1, 0.15) is 5.75 Å². The van der Waals surface area contributed by atoms with Gasteiger partial charge in [-0.05, 0) is 74.2 Å². The van der Waals surface area contributed by atoms with Crippen molar-refractivity contribution in [1.29, 1.82) is 0 Å². The number of benzene rings is 3. The fourth-order valence-corrected chi connectivity index (χ4v) is 5.91. The molecule has 178 valence electrons. The number of halogens is 2. The van der Waals surface area contributed by atoms with E-state index in [2.05, 4.69) is 47.1 Å². The van der Waals surface area contributed by atoms with Gasteiger partial charge in [-0.25, -0.2) is 18.6 Å². The van der Waals surface area contributed by atoms with Crippen molar-refractivity contribution < 1.29 is 17.9 Å². The van der Waals surface area contributed by atoms with E-state index in [0.717, 1.165) is 20.1 Å². The van der Waals surface area contributed by atoms with Crippen LogP contribution < -0.4 is 14.9 Å². The number of ether oxygens (including phenoxy) is 1. The van der Waals surface area contributed by atoms with E-state index in [1.807, 2.05) is 13.0 Å². The Morgan fingerprint density at radius 2 is 1.68 bits per heavy atom. The number of aryl methyl sites for hydroxylation is 1. The molecule has 0 aromatic heterocycles. The summed E-state index contributed by atoms with van der Waals surface area (Å²) < 4.78 is 35.2. The fraction of sp³-hybridized carbons (Fsp3) is 0.167. The van der Waals surface area contributed by atoms with Crippen LogP contribution in [-0.2, 0) is 14.8 Å². The molecule has 34 heavy (non-hydrogen) atoms. The van der Waals surface area contributed by atoms with E-state index < -0.39 is 22.0 Å². The summed E-state index contributed by atoms with van der Waals surface area (Å²) in [4.78, 5) is 12.8. The van der Waals surface area contributed by atoms with E-state index in [0.29, 0.717) is 11.3 Å². The van der Waals surface area contributed by atoms with Gasteiger partial charge in [-0.1, -0.05) is 48.0 Å². The summed E-state index contributed by atoms with van der Waals surface area (Å²) in [5.74, 6) is 0.205. The Hall–Kier alpha value is -2.53. The zero-order chi connectivity index (χ0) is 24.7. The Morgan fingerprint density at radius 3 is 2.26 bits per heavy atom. The Balaban J connectivity index is 1.73. The van der Waals surface area contributed by atoms with Crippen molar-refractivity contribution in [3.63, 3.8) is 0 Å². The second kappa shape index (κ2) is 11.7. The molecule has 0 aliphatic rings. The number of nitrogens with one attached hydrogen (secondary N) is 2. The standard InChI is InChI=1S/C24H23Br2N3O4S/c1-16-8-10-19(11-9-16)34(31,32)29-22(18-6-4-3-5-7-18)14-23(30)28-27-15-17-12-20(25)24(33-2)21(26)13-17/h3-13,15,22,29H,14H2,1-2H3,(H,28,30)/b27-15-/t22-/m0/s1. The van der Waals surface area contributed by atoms with Gasteiger partial charge in [0, 0.05) is 6.42 Å². The molecule has 3 aromatic carbocycles. The highest BCUT2D eigenvalue weighted by molar-refractivity contribution is 9.11. The van der Waals surface area contributed by atoms with Crippen molar-refractivity contribution >= 4 is 54.0 Å². The number of carbonyl (C=O) groups is 1. The van der Waals surface area contributed by atoms with E-state index in [4.69, 9.17) is 4.74 Å². The molecule has 0 saturated heterocycles. The summed E-state index contributed by atoms with van der Waals surface area (Å²) in [6.07, 6.45) is 1.35. The van der Waals surface area contributed by atoms with Gasteiger partial charge >= 0.3 is 0 Å². The molecule has 0 aliphatic carbocycles. The molecule has 3 aromatic rings. The van der Waals surface area contributed by atoms with Crippen molar-refractivity contribution in [1.82, 2.24) is 10.1 Å². The minimum Gasteiger partial charge on any atom is -0.494 e. The summed E-state index contributed by atoms with van der Waals surface area (Å²) >= 11 is 6.84. The average molecular weight is 609 g/mol. The normalized spacial score (nSPS) is 12.5. The molecular weight excluding hydrogens is 586 g/mol. The van der Waals surface area contributed by atoms with Gasteiger partial charge in [0.05, 0.1) is 33.2 Å². The Bertz CT molecular complexity index is 1260. The summed E-state index contributed by atoms with van der Waals surface area (Å²) in [6.45, 7) is 1.88. The van der Waals surface area contributed by atoms with Crippen molar-refractivity contribution in [2.75, 3.05) is 7.11 Å². The van der Waals surface area contributed by atoms with Gasteiger partial charge < -0.3 is 4.74 Å². The molecule has 10 heteroatoms. The van der Waals surface area contributed by atoms with Crippen molar-refractivity contribution in [2.24, 2.45) is 5.10 Å². The highest BCUT2D eigenvalue weighted by Gasteiger charge is 2.23. The highest BCUT2D eigenvalue weighted by atomic mass is 79.9. The number of hydrogen-bond acceptors (Lipinski definition) is 5. The number of amides is 1. The number of carbonyl (C=O) groups excluding carboxylic acids is 1. The number of hydrazone groups is 1. The monoisotopic (exact) mass is 607 g/mol. The van der Waals surface area contributed by atoms with Gasteiger partial charge in [-0.3, -0.25) is 4.79 Å². The SMILES string of the molecule is COc1c(Br)cc(/C=N\NC(=O)C[C@H](NS(=O)(=O)c2ccc(C)cc2)c2ccccc2)cc1Br. The number of sulfonamides is 1. The lowest BCUT2D eigenvalue weighted by Crippen LogP contribution is -2.32. The van der Waals surface area contributed by atoms with Crippen molar-refractivity contribution in [3.8, 4) is 5.75 Å². The summed E-state index contributed by atoms with van der Waals surface area (Å²) in [6, 6.07) is 18.3. The zero-order valence-corrected chi connectivity index (χ0v) is 22.4. The largest absolute Gasteiger partial charge is 0.494 e. The number of rotatable bonds is 9. The van der Waals surface area contributed by atoms with E-state index in [1.165, 1.54) is 18.3 Å². The number of nitrogens with zero attached hydrogens (tertiary/aromatic N) is 1. The minimum absolute atomic E-state index is 0.133.